The van der Waals surface area contributed by atoms with E-state index in [1.54, 1.807) is 18.3 Å². The summed E-state index contributed by atoms with van der Waals surface area (Å²) >= 11 is 5.76. The van der Waals surface area contributed by atoms with E-state index < -0.39 is 17.4 Å². The molecule has 8 heteroatoms. The first-order valence-corrected chi connectivity index (χ1v) is 9.54. The van der Waals surface area contributed by atoms with E-state index in [1.165, 1.54) is 6.07 Å². The zero-order valence-electron chi connectivity index (χ0n) is 15.2. The van der Waals surface area contributed by atoms with Gasteiger partial charge in [0.1, 0.15) is 12.4 Å². The average molecular weight is 407 g/mol. The smallest absolute Gasteiger partial charge is 0.316 e. The molecular formula is C20H20ClFN2O4. The highest BCUT2D eigenvalue weighted by Crippen LogP contribution is 2.51. The maximum Gasteiger partial charge on any atom is 0.316 e. The van der Waals surface area contributed by atoms with Crippen LogP contribution < -0.4 is 4.74 Å². The molecule has 2 saturated heterocycles. The second-order valence-corrected chi connectivity index (χ2v) is 8.01. The Morgan fingerprint density at radius 1 is 1.29 bits per heavy atom. The second-order valence-electron chi connectivity index (χ2n) is 7.57. The lowest BCUT2D eigenvalue weighted by Crippen LogP contribution is -2.54. The maximum atomic E-state index is 13.9. The largest absolute Gasteiger partial charge is 0.481 e. The Kier molecular flexibility index (Phi) is 4.97. The van der Waals surface area contributed by atoms with Gasteiger partial charge in [0.15, 0.2) is 0 Å². The number of carbonyl (C=O) groups is 1. The van der Waals surface area contributed by atoms with E-state index in [9.17, 15) is 9.18 Å². The molecule has 0 spiro atoms. The summed E-state index contributed by atoms with van der Waals surface area (Å²) < 4.78 is 25.5. The molecule has 3 aliphatic rings. The minimum atomic E-state index is -0.832. The van der Waals surface area contributed by atoms with E-state index in [-0.39, 0.29) is 24.5 Å². The van der Waals surface area contributed by atoms with Crippen LogP contribution >= 0.6 is 11.6 Å². The van der Waals surface area contributed by atoms with Crippen LogP contribution in [0.2, 0.25) is 5.02 Å². The van der Waals surface area contributed by atoms with Gasteiger partial charge in [0.05, 0.1) is 24.3 Å². The Bertz CT molecular complexity index is 883. The molecular weight excluding hydrogens is 387 g/mol. The highest BCUT2D eigenvalue weighted by atomic mass is 35.5. The Morgan fingerprint density at radius 2 is 2.07 bits per heavy atom. The SMILES string of the molecule is O=C(O)CC12CCC(c3ccnc(OCc4ccc(Cl)cc4F)n3)(CC1)CO2. The number of aliphatic carboxylic acids is 1. The lowest BCUT2D eigenvalue weighted by Gasteiger charge is -2.52. The van der Waals surface area contributed by atoms with Gasteiger partial charge in [-0.3, -0.25) is 4.79 Å². The van der Waals surface area contributed by atoms with Crippen molar-refractivity contribution in [3.05, 3.63) is 52.6 Å². The number of ether oxygens (including phenoxy) is 2. The third-order valence-corrected chi connectivity index (χ3v) is 6.03. The molecule has 2 bridgehead atoms. The number of carboxylic acid groups (broad SMARTS) is 1. The van der Waals surface area contributed by atoms with Crippen LogP contribution in [0.15, 0.2) is 30.5 Å². The molecule has 1 aromatic heterocycles. The Balaban J connectivity index is 1.47. The van der Waals surface area contributed by atoms with Gasteiger partial charge in [-0.15, -0.1) is 0 Å². The van der Waals surface area contributed by atoms with Crippen molar-refractivity contribution < 1.29 is 23.8 Å². The summed E-state index contributed by atoms with van der Waals surface area (Å²) in [5.41, 5.74) is 0.380. The molecule has 1 N–H and O–H groups in total. The molecule has 148 valence electrons. The summed E-state index contributed by atoms with van der Waals surface area (Å²) in [7, 11) is 0. The highest BCUT2D eigenvalue weighted by molar-refractivity contribution is 6.30. The van der Waals surface area contributed by atoms with Crippen molar-refractivity contribution in [1.82, 2.24) is 9.97 Å². The molecule has 6 nitrogen and oxygen atoms in total. The van der Waals surface area contributed by atoms with Gasteiger partial charge in [-0.05, 0) is 43.9 Å². The number of nitrogens with zero attached hydrogens (tertiary/aromatic N) is 2. The first kappa shape index (κ1) is 19.1. The molecule has 1 aromatic carbocycles. The van der Waals surface area contributed by atoms with Gasteiger partial charge in [0, 0.05) is 22.2 Å². The van der Waals surface area contributed by atoms with Crippen molar-refractivity contribution in [3.8, 4) is 6.01 Å². The summed E-state index contributed by atoms with van der Waals surface area (Å²) in [5, 5.41) is 9.46. The highest BCUT2D eigenvalue weighted by Gasteiger charge is 2.52. The zero-order valence-corrected chi connectivity index (χ0v) is 15.9. The summed E-state index contributed by atoms with van der Waals surface area (Å²) in [5.74, 6) is -1.27. The van der Waals surface area contributed by atoms with Gasteiger partial charge >= 0.3 is 12.0 Å². The molecule has 1 saturated carbocycles. The first-order chi connectivity index (χ1) is 13.4. The minimum absolute atomic E-state index is 0.00230. The average Bonchev–Trinajstić information content (AvgIpc) is 2.68. The van der Waals surface area contributed by atoms with Gasteiger partial charge < -0.3 is 14.6 Å². The van der Waals surface area contributed by atoms with Crippen molar-refractivity contribution in [2.45, 2.75) is 49.7 Å². The molecule has 3 heterocycles. The number of benzene rings is 1. The van der Waals surface area contributed by atoms with Crippen LogP contribution in [0.4, 0.5) is 4.39 Å². The van der Waals surface area contributed by atoms with Crippen LogP contribution in [0.25, 0.3) is 0 Å². The Labute approximate surface area is 166 Å². The van der Waals surface area contributed by atoms with Crippen LogP contribution in [0, 0.1) is 5.82 Å². The topological polar surface area (TPSA) is 81.5 Å². The number of rotatable bonds is 6. The predicted octanol–water partition coefficient (Wildman–Crippen LogP) is 3.90. The monoisotopic (exact) mass is 406 g/mol. The lowest BCUT2D eigenvalue weighted by atomic mass is 9.63. The second kappa shape index (κ2) is 7.29. The van der Waals surface area contributed by atoms with Gasteiger partial charge in [-0.25, -0.2) is 9.37 Å². The van der Waals surface area contributed by atoms with E-state index in [2.05, 4.69) is 9.97 Å². The molecule has 0 radical (unpaired) electrons. The fourth-order valence-electron chi connectivity index (χ4n) is 4.08. The van der Waals surface area contributed by atoms with Crippen molar-refractivity contribution in [2.24, 2.45) is 0 Å². The number of carboxylic acids is 1. The summed E-state index contributed by atoms with van der Waals surface area (Å²) in [6.45, 7) is 0.431. The van der Waals surface area contributed by atoms with Crippen LogP contribution in [0.3, 0.4) is 0 Å². The van der Waals surface area contributed by atoms with E-state index in [0.29, 0.717) is 30.0 Å². The van der Waals surface area contributed by atoms with Crippen molar-refractivity contribution in [1.29, 1.82) is 0 Å². The minimum Gasteiger partial charge on any atom is -0.481 e. The fraction of sp³-hybridized carbons (Fsp3) is 0.450. The number of fused-ring (bicyclic) bond motifs is 3. The van der Waals surface area contributed by atoms with E-state index in [1.807, 2.05) is 6.07 Å². The van der Waals surface area contributed by atoms with Gasteiger partial charge in [-0.1, -0.05) is 17.7 Å². The zero-order chi connectivity index (χ0) is 19.8. The molecule has 28 heavy (non-hydrogen) atoms. The van der Waals surface area contributed by atoms with Gasteiger partial charge in [0.2, 0.25) is 0 Å². The van der Waals surface area contributed by atoms with E-state index in [4.69, 9.17) is 26.2 Å². The van der Waals surface area contributed by atoms with Crippen LogP contribution in [-0.4, -0.2) is 33.3 Å². The molecule has 0 amide bonds. The Morgan fingerprint density at radius 3 is 2.71 bits per heavy atom. The molecule has 5 rings (SSSR count). The maximum absolute atomic E-state index is 13.9. The number of hydrogen-bond acceptors (Lipinski definition) is 5. The summed E-state index contributed by atoms with van der Waals surface area (Å²) in [6.07, 6.45) is 4.66. The molecule has 2 aromatic rings. The predicted molar refractivity (Wildman–Crippen MR) is 98.9 cm³/mol. The normalized spacial score (nSPS) is 26.2. The van der Waals surface area contributed by atoms with E-state index in [0.717, 1.165) is 18.5 Å². The van der Waals surface area contributed by atoms with Crippen LogP contribution in [0.5, 0.6) is 6.01 Å². The Hall–Kier alpha value is -2.25. The van der Waals surface area contributed by atoms with Gasteiger partial charge in [-0.2, -0.15) is 4.98 Å². The van der Waals surface area contributed by atoms with Crippen LogP contribution in [0.1, 0.15) is 43.4 Å². The quantitative estimate of drug-likeness (QED) is 0.783. The summed E-state index contributed by atoms with van der Waals surface area (Å²) in [6, 6.07) is 6.42. The third-order valence-electron chi connectivity index (χ3n) is 5.80. The molecule has 2 aliphatic heterocycles. The number of hydrogen-bond donors (Lipinski definition) is 1. The third kappa shape index (κ3) is 3.69. The van der Waals surface area contributed by atoms with Crippen molar-refractivity contribution >= 4 is 17.6 Å². The number of halogens is 2. The van der Waals surface area contributed by atoms with Crippen molar-refractivity contribution in [3.63, 3.8) is 0 Å². The lowest BCUT2D eigenvalue weighted by molar-refractivity contribution is -0.175. The molecule has 1 aliphatic carbocycles. The van der Waals surface area contributed by atoms with Crippen molar-refractivity contribution in [2.75, 3.05) is 6.61 Å². The fourth-order valence-corrected chi connectivity index (χ4v) is 4.24. The molecule has 3 fully saturated rings. The standard InChI is InChI=1S/C20H20ClFN2O4/c21-14-2-1-13(15(22)9-14)11-27-18-23-8-3-16(24-18)19-4-6-20(7-5-19,28-12-19)10-17(25)26/h1-3,8-9H,4-7,10-12H2,(H,25,26). The van der Waals surface area contributed by atoms with Gasteiger partial charge in [0.25, 0.3) is 0 Å². The number of aromatic nitrogens is 2. The first-order valence-electron chi connectivity index (χ1n) is 9.16. The van der Waals surface area contributed by atoms with E-state index >= 15 is 0 Å². The molecule has 0 atom stereocenters. The summed E-state index contributed by atoms with van der Waals surface area (Å²) in [4.78, 5) is 19.8. The van der Waals surface area contributed by atoms with Crippen LogP contribution in [-0.2, 0) is 21.6 Å². The molecule has 0 unspecified atom stereocenters.